The lowest BCUT2D eigenvalue weighted by Crippen LogP contribution is -2.11. The van der Waals surface area contributed by atoms with Gasteiger partial charge < -0.3 is 10.4 Å². The number of hydrogen-bond donors (Lipinski definition) is 2. The van der Waals surface area contributed by atoms with E-state index in [0.717, 1.165) is 9.40 Å². The molecule has 0 radical (unpaired) electrons. The van der Waals surface area contributed by atoms with Crippen LogP contribution in [0.1, 0.15) is 15.2 Å². The van der Waals surface area contributed by atoms with Crippen molar-refractivity contribution in [1.82, 2.24) is 0 Å². The number of benzene rings is 1. The minimum absolute atomic E-state index is 0.137. The van der Waals surface area contributed by atoms with E-state index in [1.54, 1.807) is 17.4 Å². The van der Waals surface area contributed by atoms with E-state index in [-0.39, 0.29) is 12.5 Å². The fraction of sp³-hybridized carbons (Fsp3) is 0.0625. The molecule has 21 heavy (non-hydrogen) atoms. The van der Waals surface area contributed by atoms with Crippen molar-refractivity contribution in [2.24, 2.45) is 0 Å². The first-order chi connectivity index (χ1) is 10.3. The zero-order chi connectivity index (χ0) is 14.7. The Morgan fingerprint density at radius 2 is 2.10 bits per heavy atom. The van der Waals surface area contributed by atoms with Gasteiger partial charge in [0.25, 0.3) is 5.91 Å². The van der Waals surface area contributed by atoms with Gasteiger partial charge in [-0.3, -0.25) is 4.79 Å². The molecule has 0 aliphatic carbocycles. The second kappa shape index (κ2) is 6.10. The van der Waals surface area contributed by atoms with Gasteiger partial charge in [-0.15, -0.1) is 22.7 Å². The summed E-state index contributed by atoms with van der Waals surface area (Å²) in [5, 5.41) is 13.7. The number of amides is 1. The summed E-state index contributed by atoms with van der Waals surface area (Å²) in [5.41, 5.74) is 1.35. The normalized spacial score (nSPS) is 10.1. The van der Waals surface area contributed by atoms with Gasteiger partial charge in [0.1, 0.15) is 6.61 Å². The lowest BCUT2D eigenvalue weighted by atomic mass is 10.2. The molecule has 0 atom stereocenters. The highest BCUT2D eigenvalue weighted by Gasteiger charge is 2.12. The second-order valence-electron chi connectivity index (χ2n) is 4.22. The van der Waals surface area contributed by atoms with E-state index < -0.39 is 0 Å². The van der Waals surface area contributed by atoms with Crippen LogP contribution in [0.2, 0.25) is 0 Å². The van der Waals surface area contributed by atoms with E-state index in [9.17, 15) is 4.79 Å². The Morgan fingerprint density at radius 3 is 2.90 bits per heavy atom. The van der Waals surface area contributed by atoms with Crippen LogP contribution in [0.3, 0.4) is 0 Å². The summed E-state index contributed by atoms with van der Waals surface area (Å²) in [6.07, 6.45) is 0. The predicted molar refractivity (Wildman–Crippen MR) is 88.1 cm³/mol. The van der Waals surface area contributed by atoms with Crippen molar-refractivity contribution in [3.8, 4) is 11.8 Å². The van der Waals surface area contributed by atoms with E-state index in [1.807, 2.05) is 35.7 Å². The first-order valence-electron chi connectivity index (χ1n) is 6.25. The van der Waals surface area contributed by atoms with Gasteiger partial charge in [0.2, 0.25) is 0 Å². The number of rotatable bonds is 2. The van der Waals surface area contributed by atoms with Gasteiger partial charge in [0, 0.05) is 15.0 Å². The molecule has 2 heterocycles. The summed E-state index contributed by atoms with van der Waals surface area (Å²) >= 11 is 3.10. The van der Waals surface area contributed by atoms with Gasteiger partial charge in [-0.2, -0.15) is 0 Å². The fourth-order valence-corrected chi connectivity index (χ4v) is 3.90. The SMILES string of the molecule is O=C(Nc1ccccc1C#CCO)c1cc2sccc2s1. The number of carbonyl (C=O) groups excluding carboxylic acids is 1. The van der Waals surface area contributed by atoms with Crippen LogP contribution in [-0.2, 0) is 0 Å². The summed E-state index contributed by atoms with van der Waals surface area (Å²) in [6, 6.07) is 11.2. The van der Waals surface area contributed by atoms with Crippen molar-refractivity contribution < 1.29 is 9.90 Å². The molecule has 0 fully saturated rings. The molecule has 3 rings (SSSR count). The standard InChI is InChI=1S/C16H11NO2S2/c18-8-3-5-11-4-1-2-6-12(11)17-16(19)15-10-14-13(21-15)7-9-20-14/h1-2,4,6-7,9-10,18H,8H2,(H,17,19). The van der Waals surface area contributed by atoms with Gasteiger partial charge in [-0.05, 0) is 29.6 Å². The molecule has 0 aliphatic rings. The fourth-order valence-electron chi connectivity index (χ4n) is 1.90. The van der Waals surface area contributed by atoms with Crippen LogP contribution in [0.15, 0.2) is 41.8 Å². The topological polar surface area (TPSA) is 49.3 Å². The molecule has 2 N–H and O–H groups in total. The lowest BCUT2D eigenvalue weighted by Gasteiger charge is -2.05. The Labute approximate surface area is 129 Å². The minimum Gasteiger partial charge on any atom is -0.384 e. The Kier molecular flexibility index (Phi) is 4.02. The van der Waals surface area contributed by atoms with Crippen molar-refractivity contribution in [3.63, 3.8) is 0 Å². The molecule has 0 spiro atoms. The van der Waals surface area contributed by atoms with E-state index in [1.165, 1.54) is 11.3 Å². The largest absolute Gasteiger partial charge is 0.384 e. The van der Waals surface area contributed by atoms with Crippen molar-refractivity contribution in [3.05, 3.63) is 52.2 Å². The van der Waals surface area contributed by atoms with Crippen molar-refractivity contribution in [1.29, 1.82) is 0 Å². The van der Waals surface area contributed by atoms with E-state index in [4.69, 9.17) is 5.11 Å². The molecule has 3 aromatic rings. The van der Waals surface area contributed by atoms with E-state index in [2.05, 4.69) is 17.2 Å². The molecule has 0 unspecified atom stereocenters. The van der Waals surface area contributed by atoms with Crippen LogP contribution in [0, 0.1) is 11.8 Å². The van der Waals surface area contributed by atoms with Crippen LogP contribution < -0.4 is 5.32 Å². The average Bonchev–Trinajstić information content (AvgIpc) is 3.07. The monoisotopic (exact) mass is 313 g/mol. The van der Waals surface area contributed by atoms with Crippen LogP contribution in [0.4, 0.5) is 5.69 Å². The molecule has 0 saturated heterocycles. The Morgan fingerprint density at radius 1 is 1.24 bits per heavy atom. The number of para-hydroxylation sites is 1. The van der Waals surface area contributed by atoms with E-state index in [0.29, 0.717) is 16.1 Å². The van der Waals surface area contributed by atoms with Crippen LogP contribution >= 0.6 is 22.7 Å². The molecule has 1 amide bonds. The molecule has 0 bridgehead atoms. The summed E-state index contributed by atoms with van der Waals surface area (Å²) < 4.78 is 2.25. The highest BCUT2D eigenvalue weighted by molar-refractivity contribution is 7.27. The predicted octanol–water partition coefficient (Wildman–Crippen LogP) is 3.56. The third-order valence-corrected chi connectivity index (χ3v) is 4.93. The van der Waals surface area contributed by atoms with E-state index >= 15 is 0 Å². The van der Waals surface area contributed by atoms with Crippen LogP contribution in [0.25, 0.3) is 9.40 Å². The van der Waals surface area contributed by atoms with Crippen molar-refractivity contribution in [2.75, 3.05) is 11.9 Å². The quantitative estimate of drug-likeness (QED) is 0.711. The molecular formula is C16H11NO2S2. The number of hydrogen-bond acceptors (Lipinski definition) is 4. The van der Waals surface area contributed by atoms with Crippen LogP contribution in [0.5, 0.6) is 0 Å². The Bertz CT molecular complexity index is 823. The molecular weight excluding hydrogens is 302 g/mol. The molecule has 3 nitrogen and oxygen atoms in total. The highest BCUT2D eigenvalue weighted by Crippen LogP contribution is 2.30. The number of carbonyl (C=O) groups is 1. The first-order valence-corrected chi connectivity index (χ1v) is 7.94. The van der Waals surface area contributed by atoms with Crippen molar-refractivity contribution >= 4 is 43.7 Å². The molecule has 1 aromatic carbocycles. The van der Waals surface area contributed by atoms with Gasteiger partial charge in [0.05, 0.1) is 10.6 Å². The third-order valence-electron chi connectivity index (χ3n) is 2.84. The van der Waals surface area contributed by atoms with Gasteiger partial charge in [0.15, 0.2) is 0 Å². The molecule has 0 aliphatic heterocycles. The van der Waals surface area contributed by atoms with Crippen LogP contribution in [-0.4, -0.2) is 17.6 Å². The zero-order valence-corrected chi connectivity index (χ0v) is 12.6. The molecule has 0 saturated carbocycles. The summed E-state index contributed by atoms with van der Waals surface area (Å²) in [6.45, 7) is -0.205. The summed E-state index contributed by atoms with van der Waals surface area (Å²) in [7, 11) is 0. The number of nitrogens with one attached hydrogen (secondary N) is 1. The van der Waals surface area contributed by atoms with Crippen molar-refractivity contribution in [2.45, 2.75) is 0 Å². The highest BCUT2D eigenvalue weighted by atomic mass is 32.1. The number of fused-ring (bicyclic) bond motifs is 1. The molecule has 104 valence electrons. The van der Waals surface area contributed by atoms with Gasteiger partial charge in [-0.1, -0.05) is 24.0 Å². The Balaban J connectivity index is 1.86. The molecule has 2 aromatic heterocycles. The average molecular weight is 313 g/mol. The van der Waals surface area contributed by atoms with Gasteiger partial charge in [-0.25, -0.2) is 0 Å². The smallest absolute Gasteiger partial charge is 0.265 e. The Hall–Kier alpha value is -2.13. The number of aliphatic hydroxyl groups is 1. The number of aliphatic hydroxyl groups excluding tert-OH is 1. The maximum Gasteiger partial charge on any atom is 0.265 e. The minimum atomic E-state index is -0.205. The maximum absolute atomic E-state index is 12.3. The third kappa shape index (κ3) is 2.98. The van der Waals surface area contributed by atoms with Gasteiger partial charge >= 0.3 is 0 Å². The summed E-state index contributed by atoms with van der Waals surface area (Å²) in [4.78, 5) is 13.0. The molecule has 5 heteroatoms. The summed E-state index contributed by atoms with van der Waals surface area (Å²) in [5.74, 6) is 5.29. The number of anilines is 1. The lowest BCUT2D eigenvalue weighted by molar-refractivity contribution is 0.103. The first kappa shape index (κ1) is 13.8. The zero-order valence-electron chi connectivity index (χ0n) is 10.9. The maximum atomic E-state index is 12.3. The number of thiophene rings is 2. The second-order valence-corrected chi connectivity index (χ2v) is 6.25.